The van der Waals surface area contributed by atoms with Crippen molar-refractivity contribution in [2.24, 2.45) is 0 Å². The molecule has 5 aromatic rings. The van der Waals surface area contributed by atoms with Gasteiger partial charge in [0, 0.05) is 5.56 Å². The normalized spacial score (nSPS) is 11.4. The maximum Gasteiger partial charge on any atom is 0.104 e. The minimum Gasteiger partial charge on any atom is -0.384 e. The van der Waals surface area contributed by atoms with Crippen LogP contribution in [0.25, 0.3) is 43.1 Å². The summed E-state index contributed by atoms with van der Waals surface area (Å²) in [5, 5.41) is 19.1. The van der Waals surface area contributed by atoms with Crippen molar-refractivity contribution in [3.63, 3.8) is 0 Å². The molecule has 0 aliphatic heterocycles. The molecule has 0 heterocycles. The molecule has 1 N–H and O–H groups in total. The van der Waals surface area contributed by atoms with Gasteiger partial charge in [0.25, 0.3) is 0 Å². The molecular weight excluding hydrogens is 292 g/mol. The average molecular weight is 306 g/mol. The Kier molecular flexibility index (Phi) is 2.76. The maximum atomic E-state index is 9.02. The van der Waals surface area contributed by atoms with E-state index < -0.39 is 0 Å². The first-order chi connectivity index (χ1) is 11.9. The van der Waals surface area contributed by atoms with E-state index in [0.717, 1.165) is 10.9 Å². The molecule has 0 unspecified atom stereocenters. The van der Waals surface area contributed by atoms with Crippen LogP contribution >= 0.6 is 0 Å². The zero-order valence-electron chi connectivity index (χ0n) is 13.0. The number of fused-ring (bicyclic) bond motifs is 2. The largest absolute Gasteiger partial charge is 0.384 e. The predicted molar refractivity (Wildman–Crippen MR) is 102 cm³/mol. The Morgan fingerprint density at radius 3 is 1.92 bits per heavy atom. The number of rotatable bonds is 0. The standard InChI is InChI=1S/C23H14O/c24-14-4-7-15-12-13-21-19-10-2-6-16-5-1-9-18(22(16)19)20-11-3-8-17(15)23(20)21/h1-3,5-6,8-13,24H,14H2. The van der Waals surface area contributed by atoms with E-state index in [9.17, 15) is 0 Å². The van der Waals surface area contributed by atoms with E-state index in [1.165, 1.54) is 37.7 Å². The highest BCUT2D eigenvalue weighted by Crippen LogP contribution is 2.40. The fourth-order valence-electron chi connectivity index (χ4n) is 3.89. The summed E-state index contributed by atoms with van der Waals surface area (Å²) in [6.45, 7) is -0.120. The van der Waals surface area contributed by atoms with Crippen LogP contribution in [0.15, 0.2) is 66.7 Å². The predicted octanol–water partition coefficient (Wildman–Crippen LogP) is 5.08. The topological polar surface area (TPSA) is 20.2 Å². The fourth-order valence-corrected chi connectivity index (χ4v) is 3.89. The van der Waals surface area contributed by atoms with Gasteiger partial charge in [-0.05, 0) is 49.2 Å². The van der Waals surface area contributed by atoms with Crippen LogP contribution in [0.3, 0.4) is 0 Å². The molecule has 0 aromatic heterocycles. The summed E-state index contributed by atoms with van der Waals surface area (Å²) in [5.41, 5.74) is 0.969. The summed E-state index contributed by atoms with van der Waals surface area (Å²) >= 11 is 0. The molecule has 24 heavy (non-hydrogen) atoms. The lowest BCUT2D eigenvalue weighted by molar-refractivity contribution is 0.350. The summed E-state index contributed by atoms with van der Waals surface area (Å²) in [5.74, 6) is 5.86. The van der Waals surface area contributed by atoms with Crippen LogP contribution in [-0.4, -0.2) is 11.7 Å². The molecule has 5 rings (SSSR count). The maximum absolute atomic E-state index is 9.02. The molecule has 112 valence electrons. The van der Waals surface area contributed by atoms with Crippen LogP contribution in [0, 0.1) is 11.8 Å². The number of hydrogen-bond acceptors (Lipinski definition) is 1. The highest BCUT2D eigenvalue weighted by Gasteiger charge is 2.13. The van der Waals surface area contributed by atoms with Gasteiger partial charge < -0.3 is 5.11 Å². The van der Waals surface area contributed by atoms with Gasteiger partial charge in [0.05, 0.1) is 0 Å². The smallest absolute Gasteiger partial charge is 0.104 e. The van der Waals surface area contributed by atoms with Gasteiger partial charge in [0.2, 0.25) is 0 Å². The third-order valence-corrected chi connectivity index (χ3v) is 4.83. The zero-order valence-corrected chi connectivity index (χ0v) is 13.0. The minimum atomic E-state index is -0.120. The zero-order chi connectivity index (χ0) is 16.1. The highest BCUT2D eigenvalue weighted by atomic mass is 16.2. The van der Waals surface area contributed by atoms with Gasteiger partial charge in [-0.1, -0.05) is 72.5 Å². The SMILES string of the molecule is OCC#Cc1ccc2c3cccc4cccc(c5cccc1c52)c43. The molecule has 1 heteroatoms. The van der Waals surface area contributed by atoms with Gasteiger partial charge in [0.1, 0.15) is 6.61 Å². The van der Waals surface area contributed by atoms with Crippen molar-refractivity contribution in [1.82, 2.24) is 0 Å². The molecule has 0 spiro atoms. The Morgan fingerprint density at radius 1 is 0.625 bits per heavy atom. The Labute approximate surface area is 139 Å². The number of benzene rings is 5. The molecule has 5 aromatic carbocycles. The van der Waals surface area contributed by atoms with E-state index >= 15 is 0 Å². The van der Waals surface area contributed by atoms with Crippen molar-refractivity contribution < 1.29 is 5.11 Å². The summed E-state index contributed by atoms with van der Waals surface area (Å²) in [6, 6.07) is 23.7. The van der Waals surface area contributed by atoms with Crippen molar-refractivity contribution in [2.75, 3.05) is 6.61 Å². The molecule has 0 aliphatic rings. The average Bonchev–Trinajstić information content (AvgIpc) is 2.64. The Hall–Kier alpha value is -3.08. The third-order valence-electron chi connectivity index (χ3n) is 4.83. The molecule has 0 fully saturated rings. The second-order valence-electron chi connectivity index (χ2n) is 6.06. The van der Waals surface area contributed by atoms with Crippen molar-refractivity contribution >= 4 is 43.1 Å². The van der Waals surface area contributed by atoms with E-state index in [2.05, 4.69) is 78.6 Å². The lowest BCUT2D eigenvalue weighted by Gasteiger charge is -2.14. The van der Waals surface area contributed by atoms with E-state index in [4.69, 9.17) is 5.11 Å². The van der Waals surface area contributed by atoms with Crippen LogP contribution in [0.1, 0.15) is 5.56 Å². The number of aliphatic hydroxyl groups is 1. The molecular formula is C23H14O. The Morgan fingerprint density at radius 2 is 1.21 bits per heavy atom. The summed E-state index contributed by atoms with van der Waals surface area (Å²) in [4.78, 5) is 0. The molecule has 0 radical (unpaired) electrons. The monoisotopic (exact) mass is 306 g/mol. The van der Waals surface area contributed by atoms with E-state index in [1.54, 1.807) is 0 Å². The fraction of sp³-hybridized carbons (Fsp3) is 0.0435. The van der Waals surface area contributed by atoms with Crippen molar-refractivity contribution in [3.05, 3.63) is 72.3 Å². The van der Waals surface area contributed by atoms with Gasteiger partial charge in [-0.15, -0.1) is 0 Å². The third kappa shape index (κ3) is 1.69. The van der Waals surface area contributed by atoms with Crippen LogP contribution in [-0.2, 0) is 0 Å². The number of aliphatic hydroxyl groups excluding tert-OH is 1. The van der Waals surface area contributed by atoms with Crippen molar-refractivity contribution in [1.29, 1.82) is 0 Å². The highest BCUT2D eigenvalue weighted by molar-refractivity contribution is 6.33. The lowest BCUT2D eigenvalue weighted by Crippen LogP contribution is -1.88. The molecule has 1 nitrogen and oxygen atoms in total. The first-order valence-electron chi connectivity index (χ1n) is 8.06. The van der Waals surface area contributed by atoms with Gasteiger partial charge in [0.15, 0.2) is 0 Å². The van der Waals surface area contributed by atoms with Gasteiger partial charge in [-0.2, -0.15) is 0 Å². The van der Waals surface area contributed by atoms with E-state index in [1.807, 2.05) is 0 Å². The summed E-state index contributed by atoms with van der Waals surface area (Å²) in [6.07, 6.45) is 0. The van der Waals surface area contributed by atoms with Crippen LogP contribution < -0.4 is 0 Å². The molecule has 0 atom stereocenters. The minimum absolute atomic E-state index is 0.120. The molecule has 0 amide bonds. The second kappa shape index (κ2) is 4.96. The number of hydrogen-bond donors (Lipinski definition) is 1. The van der Waals surface area contributed by atoms with Crippen LogP contribution in [0.5, 0.6) is 0 Å². The molecule has 0 aliphatic carbocycles. The van der Waals surface area contributed by atoms with Gasteiger partial charge in [-0.25, -0.2) is 0 Å². The first-order valence-corrected chi connectivity index (χ1v) is 8.06. The van der Waals surface area contributed by atoms with E-state index in [0.29, 0.717) is 0 Å². The lowest BCUT2D eigenvalue weighted by atomic mass is 9.88. The molecule has 0 saturated carbocycles. The second-order valence-corrected chi connectivity index (χ2v) is 6.06. The van der Waals surface area contributed by atoms with Gasteiger partial charge in [-0.3, -0.25) is 0 Å². The Balaban J connectivity index is 2.12. The van der Waals surface area contributed by atoms with Crippen LogP contribution in [0.4, 0.5) is 0 Å². The molecule has 0 saturated heterocycles. The first kappa shape index (κ1) is 13.4. The van der Waals surface area contributed by atoms with Crippen molar-refractivity contribution in [2.45, 2.75) is 0 Å². The quantitative estimate of drug-likeness (QED) is 0.240. The summed E-state index contributed by atoms with van der Waals surface area (Å²) in [7, 11) is 0. The molecule has 0 bridgehead atoms. The van der Waals surface area contributed by atoms with E-state index in [-0.39, 0.29) is 6.61 Å². The summed E-state index contributed by atoms with van der Waals surface area (Å²) < 4.78 is 0. The van der Waals surface area contributed by atoms with Gasteiger partial charge >= 0.3 is 0 Å². The Bertz CT molecular complexity index is 1240. The van der Waals surface area contributed by atoms with Crippen LogP contribution in [0.2, 0.25) is 0 Å². The van der Waals surface area contributed by atoms with Crippen molar-refractivity contribution in [3.8, 4) is 11.8 Å².